The largest absolute Gasteiger partial charge is 3.00 e. The summed E-state index contributed by atoms with van der Waals surface area (Å²) in [6.07, 6.45) is 1.79. The molecule has 0 amide bonds. The number of nitrogens with zero attached hydrogens (tertiary/aromatic N) is 1. The van der Waals surface area contributed by atoms with Crippen LogP contribution < -0.4 is 0 Å². The second-order valence-corrected chi connectivity index (χ2v) is 10.3. The SMILES string of the molecule is [2H]C([2H])([2H])c1cc[c-]c(-c2[c-]ccc3c2oc2c3ccc3c2ccc2c4ccccc4oc23)c1.[Ir+3].[c-]1ccccc1-c1ccccn1. The summed E-state index contributed by atoms with van der Waals surface area (Å²) in [5.74, 6) is 0. The van der Waals surface area contributed by atoms with Gasteiger partial charge in [0.05, 0.1) is 0 Å². The molecule has 9 aromatic rings. The number of aromatic nitrogens is 1. The topological polar surface area (TPSA) is 39.2 Å². The molecule has 0 fully saturated rings. The van der Waals surface area contributed by atoms with E-state index in [9.17, 15) is 0 Å². The molecule has 3 nitrogen and oxygen atoms in total. The van der Waals surface area contributed by atoms with E-state index in [2.05, 4.69) is 53.5 Å². The average molecular weight is 746 g/mol. The van der Waals surface area contributed by atoms with Crippen LogP contribution in [0.4, 0.5) is 0 Å². The Kier molecular flexibility index (Phi) is 6.43. The summed E-state index contributed by atoms with van der Waals surface area (Å²) in [5.41, 5.74) is 6.73. The van der Waals surface area contributed by atoms with Crippen LogP contribution in [0.2, 0.25) is 0 Å². The molecule has 0 aliphatic carbocycles. The molecule has 0 atom stereocenters. The van der Waals surface area contributed by atoms with Gasteiger partial charge in [-0.2, -0.15) is 35.9 Å². The maximum atomic E-state index is 7.76. The zero-order chi connectivity index (χ0) is 31.3. The minimum absolute atomic E-state index is 0. The van der Waals surface area contributed by atoms with Crippen LogP contribution in [0.15, 0.2) is 136 Å². The number of benzene rings is 6. The average Bonchev–Trinajstić information content (AvgIpc) is 3.68. The molecule has 0 aliphatic rings. The van der Waals surface area contributed by atoms with Crippen LogP contribution in [0, 0.1) is 25.1 Å². The van der Waals surface area contributed by atoms with Gasteiger partial charge in [0, 0.05) is 42.8 Å². The molecule has 210 valence electrons. The van der Waals surface area contributed by atoms with Gasteiger partial charge in [0.1, 0.15) is 16.7 Å². The van der Waals surface area contributed by atoms with Crippen molar-refractivity contribution in [2.75, 3.05) is 0 Å². The van der Waals surface area contributed by atoms with E-state index in [0.717, 1.165) is 60.3 Å². The van der Waals surface area contributed by atoms with Crippen LogP contribution in [0.1, 0.15) is 9.68 Å². The molecule has 9 rings (SSSR count). The summed E-state index contributed by atoms with van der Waals surface area (Å²) in [5, 5.41) is 6.05. The number of hydrogen-bond donors (Lipinski definition) is 0. The molecule has 0 aliphatic heterocycles. The van der Waals surface area contributed by atoms with Crippen molar-refractivity contribution < 1.29 is 33.1 Å². The quantitative estimate of drug-likeness (QED) is 0.165. The van der Waals surface area contributed by atoms with Gasteiger partial charge in [-0.1, -0.05) is 48.6 Å². The van der Waals surface area contributed by atoms with Crippen molar-refractivity contribution in [1.29, 1.82) is 0 Å². The van der Waals surface area contributed by atoms with Crippen molar-refractivity contribution in [2.45, 2.75) is 6.85 Å². The Morgan fingerprint density at radius 1 is 0.568 bits per heavy atom. The second kappa shape index (κ2) is 11.6. The van der Waals surface area contributed by atoms with Crippen LogP contribution in [0.3, 0.4) is 0 Å². The van der Waals surface area contributed by atoms with Crippen molar-refractivity contribution in [3.05, 3.63) is 151 Å². The van der Waals surface area contributed by atoms with E-state index in [4.69, 9.17) is 12.9 Å². The first-order chi connectivity index (χ1) is 22.5. The first kappa shape index (κ1) is 24.4. The molecule has 3 heterocycles. The van der Waals surface area contributed by atoms with Crippen molar-refractivity contribution in [3.63, 3.8) is 0 Å². The molecule has 6 aromatic carbocycles. The number of rotatable bonds is 2. The normalized spacial score (nSPS) is 12.4. The maximum Gasteiger partial charge on any atom is 3.00 e. The van der Waals surface area contributed by atoms with Gasteiger partial charge in [0.15, 0.2) is 0 Å². The number of para-hydroxylation sites is 1. The Labute approximate surface area is 272 Å². The monoisotopic (exact) mass is 746 g/mol. The van der Waals surface area contributed by atoms with E-state index in [1.165, 1.54) is 0 Å². The Morgan fingerprint density at radius 3 is 2.00 bits per heavy atom. The third kappa shape index (κ3) is 4.79. The second-order valence-electron chi connectivity index (χ2n) is 10.3. The maximum absolute atomic E-state index is 7.76. The predicted molar refractivity (Wildman–Crippen MR) is 175 cm³/mol. The van der Waals surface area contributed by atoms with Crippen LogP contribution in [0.25, 0.3) is 77.0 Å². The summed E-state index contributed by atoms with van der Waals surface area (Å²) in [7, 11) is 0. The molecule has 0 spiro atoms. The van der Waals surface area contributed by atoms with E-state index >= 15 is 0 Å². The molecule has 0 saturated carbocycles. The number of pyridine rings is 1. The van der Waals surface area contributed by atoms with Gasteiger partial charge in [-0.15, -0.1) is 53.6 Å². The summed E-state index contributed by atoms with van der Waals surface area (Å²) in [6.45, 7) is -2.19. The zero-order valence-electron chi connectivity index (χ0n) is 26.2. The van der Waals surface area contributed by atoms with Gasteiger partial charge in [-0.05, 0) is 36.0 Å². The Bertz CT molecular complexity index is 2480. The van der Waals surface area contributed by atoms with E-state index in [1.807, 2.05) is 72.8 Å². The molecule has 0 bridgehead atoms. The minimum Gasteiger partial charge on any atom is -0.510 e. The van der Waals surface area contributed by atoms with E-state index in [-0.39, 0.29) is 25.7 Å². The third-order valence-corrected chi connectivity index (χ3v) is 7.66. The minimum atomic E-state index is -2.19. The van der Waals surface area contributed by atoms with Crippen molar-refractivity contribution >= 4 is 54.6 Å². The summed E-state index contributed by atoms with van der Waals surface area (Å²) in [4.78, 5) is 4.22. The van der Waals surface area contributed by atoms with Gasteiger partial charge < -0.3 is 13.8 Å². The third-order valence-electron chi connectivity index (χ3n) is 7.66. The molecular formula is C40H24IrNO2. The van der Waals surface area contributed by atoms with Gasteiger partial charge in [-0.3, -0.25) is 0 Å². The smallest absolute Gasteiger partial charge is 0.510 e. The fourth-order valence-electron chi connectivity index (χ4n) is 5.67. The first-order valence-corrected chi connectivity index (χ1v) is 14.0. The fourth-order valence-corrected chi connectivity index (χ4v) is 5.67. The van der Waals surface area contributed by atoms with E-state index < -0.39 is 6.85 Å². The van der Waals surface area contributed by atoms with Crippen LogP contribution >= 0.6 is 0 Å². The Morgan fingerprint density at radius 2 is 1.25 bits per heavy atom. The molecule has 0 radical (unpaired) electrons. The number of furan rings is 2. The number of fused-ring (bicyclic) bond motifs is 9. The van der Waals surface area contributed by atoms with E-state index in [1.54, 1.807) is 24.4 Å². The molecular weight excluding hydrogens is 719 g/mol. The first-order valence-electron chi connectivity index (χ1n) is 15.5. The van der Waals surface area contributed by atoms with E-state index in [0.29, 0.717) is 16.7 Å². The number of hydrogen-bond acceptors (Lipinski definition) is 3. The molecule has 44 heavy (non-hydrogen) atoms. The van der Waals surface area contributed by atoms with Crippen molar-refractivity contribution in [1.82, 2.24) is 4.98 Å². The van der Waals surface area contributed by atoms with Gasteiger partial charge >= 0.3 is 20.1 Å². The van der Waals surface area contributed by atoms with Gasteiger partial charge in [0.2, 0.25) is 0 Å². The molecule has 0 unspecified atom stereocenters. The van der Waals surface area contributed by atoms with Gasteiger partial charge in [-0.25, -0.2) is 5.56 Å². The standard InChI is InChI=1S/C29H16O2.C11H8N.Ir/c1-17-6-4-7-18(16-17)19-9-5-10-21-23-14-15-24-25(29(23)31-27(19)21)13-12-22-20-8-2-3-11-26(20)30-28(22)24;1-2-6-10(7-3-1)11-8-4-5-9-12-11;/h2-6,8,10-16H,1H3;1-6,8-9H;/q-2;-1;+3/i1D3;;. The molecule has 0 saturated heterocycles. The Hall–Kier alpha value is -5.02. The zero-order valence-corrected chi connectivity index (χ0v) is 25.6. The summed E-state index contributed by atoms with van der Waals surface area (Å²) in [6, 6.07) is 48.2. The Balaban J connectivity index is 0.000000228. The molecule has 0 N–H and O–H groups in total. The van der Waals surface area contributed by atoms with Crippen molar-refractivity contribution in [2.24, 2.45) is 0 Å². The summed E-state index contributed by atoms with van der Waals surface area (Å²) >= 11 is 0. The molecule has 4 heteroatoms. The predicted octanol–water partition coefficient (Wildman–Crippen LogP) is 10.8. The van der Waals surface area contributed by atoms with Crippen LogP contribution in [0.5, 0.6) is 0 Å². The fraction of sp³-hybridized carbons (Fsp3) is 0.0250. The van der Waals surface area contributed by atoms with Gasteiger partial charge in [0.25, 0.3) is 0 Å². The number of aryl methyl sites for hydroxylation is 1. The van der Waals surface area contributed by atoms with Crippen LogP contribution in [-0.2, 0) is 20.1 Å². The molecule has 3 aromatic heterocycles. The summed E-state index contributed by atoms with van der Waals surface area (Å²) < 4.78 is 36.0. The van der Waals surface area contributed by atoms with Crippen LogP contribution in [-0.4, -0.2) is 4.98 Å². The van der Waals surface area contributed by atoms with Crippen molar-refractivity contribution in [3.8, 4) is 22.4 Å².